The van der Waals surface area contributed by atoms with Gasteiger partial charge in [0.05, 0.1) is 23.7 Å². The molecule has 5 heteroatoms. The van der Waals surface area contributed by atoms with Gasteiger partial charge in [0, 0.05) is 24.2 Å². The zero-order chi connectivity index (χ0) is 18.6. The summed E-state index contributed by atoms with van der Waals surface area (Å²) in [5.41, 5.74) is 5.43. The van der Waals surface area contributed by atoms with Crippen LogP contribution in [0.5, 0.6) is 0 Å². The summed E-state index contributed by atoms with van der Waals surface area (Å²) in [5, 5.41) is 1.14. The summed E-state index contributed by atoms with van der Waals surface area (Å²) < 4.78 is 6.05. The van der Waals surface area contributed by atoms with Gasteiger partial charge < -0.3 is 9.64 Å². The van der Waals surface area contributed by atoms with Crippen molar-refractivity contribution in [2.24, 2.45) is 4.99 Å². The Kier molecular flexibility index (Phi) is 7.12. The van der Waals surface area contributed by atoms with Crippen LogP contribution < -0.4 is 0 Å². The lowest BCUT2D eigenvalue weighted by molar-refractivity contribution is 0.0689. The number of hydrogen-bond acceptors (Lipinski definition) is 2. The van der Waals surface area contributed by atoms with Gasteiger partial charge >= 0.3 is 0 Å². The molecule has 0 radical (unpaired) electrons. The fourth-order valence-corrected chi connectivity index (χ4v) is 3.15. The average Bonchev–Trinajstić information content (AvgIpc) is 2.60. The molecule has 0 spiro atoms. The number of halogens is 2. The summed E-state index contributed by atoms with van der Waals surface area (Å²) in [6.07, 6.45) is 4.53. The highest BCUT2D eigenvalue weighted by Gasteiger charge is 2.27. The number of aryl methyl sites for hydroxylation is 1. The summed E-state index contributed by atoms with van der Waals surface area (Å²) >= 11 is 12.5. The summed E-state index contributed by atoms with van der Waals surface area (Å²) in [6.45, 7) is 9.51. The molecule has 0 saturated carbocycles. The number of allylic oxidation sites excluding steroid dienone is 2. The number of nitrogens with zero attached hydrogens (tertiary/aromatic N) is 2. The number of rotatable bonds is 5. The molecule has 0 bridgehead atoms. The van der Waals surface area contributed by atoms with Gasteiger partial charge in [0.25, 0.3) is 0 Å². The minimum absolute atomic E-state index is 0.190. The molecular formula is C20H26Cl2N2O. The van der Waals surface area contributed by atoms with E-state index in [1.165, 1.54) is 5.56 Å². The Balaban J connectivity index is 2.44. The quantitative estimate of drug-likeness (QED) is 0.362. The molecule has 0 N–H and O–H groups in total. The lowest BCUT2D eigenvalue weighted by Crippen LogP contribution is -2.19. The lowest BCUT2D eigenvalue weighted by atomic mass is 9.90. The van der Waals surface area contributed by atoms with Gasteiger partial charge in [0.1, 0.15) is 6.10 Å². The van der Waals surface area contributed by atoms with Crippen LogP contribution in [-0.4, -0.2) is 31.4 Å². The van der Waals surface area contributed by atoms with Crippen molar-refractivity contribution in [1.29, 1.82) is 0 Å². The minimum atomic E-state index is -0.190. The summed E-state index contributed by atoms with van der Waals surface area (Å²) in [6, 6.07) is 4.33. The zero-order valence-corrected chi connectivity index (χ0v) is 17.1. The molecule has 1 atom stereocenters. The highest BCUT2D eigenvalue weighted by molar-refractivity contribution is 6.40. The molecule has 3 nitrogen and oxygen atoms in total. The van der Waals surface area contributed by atoms with Gasteiger partial charge in [-0.15, -0.1) is 0 Å². The maximum atomic E-state index is 6.42. The molecule has 1 aromatic carbocycles. The SMILES string of the molecule is C/C=C(\C(Cl)=C(/C)Cl)C1OCCc2cc(/N=C/N(C)CC)c(C)cc21. The van der Waals surface area contributed by atoms with E-state index in [1.54, 1.807) is 6.92 Å². The maximum Gasteiger partial charge on any atom is 0.109 e. The molecule has 1 unspecified atom stereocenters. The molecule has 1 aliphatic heterocycles. The van der Waals surface area contributed by atoms with Crippen molar-refractivity contribution >= 4 is 35.2 Å². The van der Waals surface area contributed by atoms with Gasteiger partial charge in [0.15, 0.2) is 0 Å². The van der Waals surface area contributed by atoms with E-state index < -0.39 is 0 Å². The Hall–Kier alpha value is -1.29. The molecule has 2 rings (SSSR count). The molecule has 1 heterocycles. The molecule has 1 aliphatic rings. The smallest absolute Gasteiger partial charge is 0.109 e. The predicted molar refractivity (Wildman–Crippen MR) is 108 cm³/mol. The van der Waals surface area contributed by atoms with Crippen LogP contribution in [0.15, 0.2) is 38.8 Å². The second kappa shape index (κ2) is 8.88. The van der Waals surface area contributed by atoms with Crippen LogP contribution in [0.2, 0.25) is 0 Å². The van der Waals surface area contributed by atoms with Crippen LogP contribution in [0, 0.1) is 6.92 Å². The van der Waals surface area contributed by atoms with Crippen LogP contribution in [0.1, 0.15) is 43.6 Å². The number of benzene rings is 1. The largest absolute Gasteiger partial charge is 0.368 e. The third kappa shape index (κ3) is 4.66. The van der Waals surface area contributed by atoms with Crippen LogP contribution in [0.3, 0.4) is 0 Å². The molecular weight excluding hydrogens is 355 g/mol. The van der Waals surface area contributed by atoms with E-state index in [2.05, 4.69) is 35.9 Å². The summed E-state index contributed by atoms with van der Waals surface area (Å²) in [7, 11) is 2.02. The van der Waals surface area contributed by atoms with E-state index in [0.29, 0.717) is 16.7 Å². The summed E-state index contributed by atoms with van der Waals surface area (Å²) in [5.74, 6) is 0. The minimum Gasteiger partial charge on any atom is -0.368 e. The Morgan fingerprint density at radius 1 is 1.40 bits per heavy atom. The van der Waals surface area contributed by atoms with Crippen molar-refractivity contribution in [2.45, 2.75) is 40.2 Å². The van der Waals surface area contributed by atoms with Crippen molar-refractivity contribution in [3.8, 4) is 0 Å². The lowest BCUT2D eigenvalue weighted by Gasteiger charge is -2.29. The molecule has 0 aromatic heterocycles. The first-order chi connectivity index (χ1) is 11.9. The third-order valence-corrected chi connectivity index (χ3v) is 5.23. The van der Waals surface area contributed by atoms with E-state index in [-0.39, 0.29) is 6.10 Å². The van der Waals surface area contributed by atoms with Crippen molar-refractivity contribution in [3.63, 3.8) is 0 Å². The molecule has 0 saturated heterocycles. The number of hydrogen-bond donors (Lipinski definition) is 0. The van der Waals surface area contributed by atoms with E-state index >= 15 is 0 Å². The standard InChI is InChI=1S/C20H26Cl2N2O/c1-6-16(19(22)14(4)21)20-17-10-13(3)18(23-12-24(5)7-2)11-15(17)8-9-25-20/h6,10-12,20H,7-9H2,1-5H3/b16-6+,19-14-,23-12+. The molecule has 136 valence electrons. The molecule has 0 aliphatic carbocycles. The topological polar surface area (TPSA) is 24.8 Å². The highest BCUT2D eigenvalue weighted by Crippen LogP contribution is 2.40. The predicted octanol–water partition coefficient (Wildman–Crippen LogP) is 5.88. The van der Waals surface area contributed by atoms with E-state index in [1.807, 2.05) is 26.4 Å². The second-order valence-corrected chi connectivity index (χ2v) is 7.19. The number of ether oxygens (including phenoxy) is 1. The van der Waals surface area contributed by atoms with Gasteiger partial charge in [-0.1, -0.05) is 35.3 Å². The Morgan fingerprint density at radius 2 is 2.12 bits per heavy atom. The van der Waals surface area contributed by atoms with Crippen LogP contribution >= 0.6 is 23.2 Å². The fourth-order valence-electron chi connectivity index (χ4n) is 2.83. The first-order valence-electron chi connectivity index (χ1n) is 8.56. The van der Waals surface area contributed by atoms with Gasteiger partial charge in [-0.2, -0.15) is 0 Å². The molecule has 25 heavy (non-hydrogen) atoms. The maximum absolute atomic E-state index is 6.42. The van der Waals surface area contributed by atoms with Gasteiger partial charge in [-0.3, -0.25) is 0 Å². The van der Waals surface area contributed by atoms with Crippen molar-refractivity contribution in [1.82, 2.24) is 4.90 Å². The third-order valence-electron chi connectivity index (χ3n) is 4.44. The number of fused-ring (bicyclic) bond motifs is 1. The van der Waals surface area contributed by atoms with Crippen molar-refractivity contribution < 1.29 is 4.74 Å². The van der Waals surface area contributed by atoms with E-state index in [4.69, 9.17) is 27.9 Å². The van der Waals surface area contributed by atoms with Crippen LogP contribution in [-0.2, 0) is 11.2 Å². The second-order valence-electron chi connectivity index (χ2n) is 6.25. The van der Waals surface area contributed by atoms with E-state index in [0.717, 1.165) is 35.4 Å². The molecule has 0 amide bonds. The normalized spacial score (nSPS) is 19.0. The van der Waals surface area contributed by atoms with Crippen molar-refractivity contribution in [2.75, 3.05) is 20.2 Å². The fraction of sp³-hybridized carbons (Fsp3) is 0.450. The highest BCUT2D eigenvalue weighted by atomic mass is 35.5. The number of aliphatic imine (C=N–C) groups is 1. The van der Waals surface area contributed by atoms with Crippen molar-refractivity contribution in [3.05, 3.63) is 50.5 Å². The van der Waals surface area contributed by atoms with Gasteiger partial charge in [-0.25, -0.2) is 4.99 Å². The van der Waals surface area contributed by atoms with Crippen LogP contribution in [0.25, 0.3) is 0 Å². The van der Waals surface area contributed by atoms with E-state index in [9.17, 15) is 0 Å². The first-order valence-corrected chi connectivity index (χ1v) is 9.32. The Morgan fingerprint density at radius 3 is 2.72 bits per heavy atom. The van der Waals surface area contributed by atoms with Crippen LogP contribution in [0.4, 0.5) is 5.69 Å². The zero-order valence-electron chi connectivity index (χ0n) is 15.6. The summed E-state index contributed by atoms with van der Waals surface area (Å²) in [4.78, 5) is 6.68. The first kappa shape index (κ1) is 20.0. The monoisotopic (exact) mass is 380 g/mol. The molecule has 0 fully saturated rings. The Bertz CT molecular complexity index is 719. The molecule has 1 aromatic rings. The Labute approximate surface area is 161 Å². The van der Waals surface area contributed by atoms with Gasteiger partial charge in [0.2, 0.25) is 0 Å². The van der Waals surface area contributed by atoms with Gasteiger partial charge in [-0.05, 0) is 56.9 Å². The average molecular weight is 381 g/mol.